The SMILES string of the molecule is CC(Sc1nccn1C)C(=O)N1CC(=O)Nc2ccccc21. The minimum Gasteiger partial charge on any atom is -0.329 e. The first kappa shape index (κ1) is 14.6. The Morgan fingerprint density at radius 1 is 1.41 bits per heavy atom. The van der Waals surface area contributed by atoms with E-state index in [2.05, 4.69) is 10.3 Å². The molecule has 6 nitrogen and oxygen atoms in total. The normalized spacial score (nSPS) is 15.2. The zero-order chi connectivity index (χ0) is 15.7. The van der Waals surface area contributed by atoms with Gasteiger partial charge in [0.2, 0.25) is 11.8 Å². The van der Waals surface area contributed by atoms with Crippen LogP contribution in [0.3, 0.4) is 0 Å². The van der Waals surface area contributed by atoms with Gasteiger partial charge in [-0.2, -0.15) is 0 Å². The number of aryl methyl sites for hydroxylation is 1. The van der Waals surface area contributed by atoms with Crippen LogP contribution in [0.25, 0.3) is 0 Å². The van der Waals surface area contributed by atoms with Crippen molar-refractivity contribution in [2.45, 2.75) is 17.3 Å². The maximum absolute atomic E-state index is 12.7. The largest absolute Gasteiger partial charge is 0.329 e. The summed E-state index contributed by atoms with van der Waals surface area (Å²) in [6, 6.07) is 7.32. The lowest BCUT2D eigenvalue weighted by atomic mass is 10.2. The Morgan fingerprint density at radius 2 is 2.18 bits per heavy atom. The summed E-state index contributed by atoms with van der Waals surface area (Å²) in [6.45, 7) is 1.87. The van der Waals surface area contributed by atoms with Gasteiger partial charge in [-0.15, -0.1) is 0 Å². The molecule has 3 rings (SSSR count). The van der Waals surface area contributed by atoms with Crippen molar-refractivity contribution in [1.82, 2.24) is 9.55 Å². The molecule has 114 valence electrons. The molecule has 1 aliphatic rings. The van der Waals surface area contributed by atoms with Crippen LogP contribution in [0.1, 0.15) is 6.92 Å². The van der Waals surface area contributed by atoms with Crippen molar-refractivity contribution in [3.05, 3.63) is 36.7 Å². The molecule has 0 saturated carbocycles. The average molecular weight is 316 g/mol. The van der Waals surface area contributed by atoms with Crippen LogP contribution in [0.5, 0.6) is 0 Å². The zero-order valence-electron chi connectivity index (χ0n) is 12.3. The number of aromatic nitrogens is 2. The van der Waals surface area contributed by atoms with Gasteiger partial charge in [0.25, 0.3) is 0 Å². The molecular formula is C15H16N4O2S. The molecule has 1 atom stereocenters. The van der Waals surface area contributed by atoms with Crippen molar-refractivity contribution in [2.75, 3.05) is 16.8 Å². The van der Waals surface area contributed by atoms with Crippen molar-refractivity contribution in [3.8, 4) is 0 Å². The van der Waals surface area contributed by atoms with Crippen LogP contribution >= 0.6 is 11.8 Å². The molecule has 2 aromatic rings. The molecule has 22 heavy (non-hydrogen) atoms. The molecule has 0 spiro atoms. The number of benzene rings is 1. The molecule has 0 radical (unpaired) electrons. The van der Waals surface area contributed by atoms with Crippen LogP contribution in [0, 0.1) is 0 Å². The summed E-state index contributed by atoms with van der Waals surface area (Å²) in [6.07, 6.45) is 3.53. The highest BCUT2D eigenvalue weighted by atomic mass is 32.2. The summed E-state index contributed by atoms with van der Waals surface area (Å²) in [4.78, 5) is 30.3. The van der Waals surface area contributed by atoms with Crippen molar-refractivity contribution in [3.63, 3.8) is 0 Å². The number of nitrogens with zero attached hydrogens (tertiary/aromatic N) is 3. The van der Waals surface area contributed by atoms with Crippen LogP contribution < -0.4 is 10.2 Å². The quantitative estimate of drug-likeness (QED) is 0.878. The number of fused-ring (bicyclic) bond motifs is 1. The molecule has 0 aliphatic carbocycles. The number of nitrogens with one attached hydrogen (secondary N) is 1. The third kappa shape index (κ3) is 2.71. The van der Waals surface area contributed by atoms with Crippen molar-refractivity contribution in [2.24, 2.45) is 7.05 Å². The van der Waals surface area contributed by atoms with E-state index < -0.39 is 0 Å². The molecule has 0 saturated heterocycles. The Labute approximate surface area is 132 Å². The van der Waals surface area contributed by atoms with Crippen LogP contribution in [0.2, 0.25) is 0 Å². The lowest BCUT2D eigenvalue weighted by Crippen LogP contribution is -2.45. The van der Waals surface area contributed by atoms with Gasteiger partial charge in [-0.3, -0.25) is 14.5 Å². The molecule has 1 unspecified atom stereocenters. The molecule has 2 amide bonds. The van der Waals surface area contributed by atoms with Gasteiger partial charge in [-0.25, -0.2) is 4.98 Å². The Bertz CT molecular complexity index is 728. The third-order valence-electron chi connectivity index (χ3n) is 3.44. The maximum atomic E-state index is 12.7. The molecule has 1 aromatic heterocycles. The number of anilines is 2. The molecule has 1 N–H and O–H groups in total. The lowest BCUT2D eigenvalue weighted by molar-refractivity contribution is -0.121. The minimum absolute atomic E-state index is 0.0430. The Hall–Kier alpha value is -2.28. The summed E-state index contributed by atoms with van der Waals surface area (Å²) in [5.74, 6) is -0.281. The monoisotopic (exact) mass is 316 g/mol. The van der Waals surface area contributed by atoms with E-state index in [1.807, 2.05) is 42.9 Å². The Kier molecular flexibility index (Phi) is 3.89. The van der Waals surface area contributed by atoms with Gasteiger partial charge in [0.15, 0.2) is 5.16 Å². The molecular weight excluding hydrogens is 300 g/mol. The fraction of sp³-hybridized carbons (Fsp3) is 0.267. The van der Waals surface area contributed by atoms with Crippen molar-refractivity contribution < 1.29 is 9.59 Å². The Balaban J connectivity index is 1.83. The molecule has 1 aliphatic heterocycles. The first-order chi connectivity index (χ1) is 10.6. The molecule has 7 heteroatoms. The minimum atomic E-state index is -0.333. The second kappa shape index (κ2) is 5.84. The van der Waals surface area contributed by atoms with E-state index in [4.69, 9.17) is 0 Å². The van der Waals surface area contributed by atoms with Gasteiger partial charge in [0.1, 0.15) is 6.54 Å². The number of carbonyl (C=O) groups is 2. The van der Waals surface area contributed by atoms with Gasteiger partial charge in [0, 0.05) is 19.4 Å². The van der Waals surface area contributed by atoms with Crippen LogP contribution in [0.15, 0.2) is 41.8 Å². The van der Waals surface area contributed by atoms with E-state index in [9.17, 15) is 9.59 Å². The number of hydrogen-bond donors (Lipinski definition) is 1. The fourth-order valence-electron chi connectivity index (χ4n) is 2.32. The number of hydrogen-bond acceptors (Lipinski definition) is 4. The third-order valence-corrected chi connectivity index (χ3v) is 4.60. The smallest absolute Gasteiger partial charge is 0.244 e. The summed E-state index contributed by atoms with van der Waals surface area (Å²) < 4.78 is 1.87. The summed E-state index contributed by atoms with van der Waals surface area (Å²) in [5, 5.41) is 3.22. The predicted molar refractivity (Wildman–Crippen MR) is 86.0 cm³/mol. The summed E-state index contributed by atoms with van der Waals surface area (Å²) in [7, 11) is 1.89. The van der Waals surface area contributed by atoms with Crippen LogP contribution in [-0.2, 0) is 16.6 Å². The second-order valence-electron chi connectivity index (χ2n) is 5.07. The average Bonchev–Trinajstić information content (AvgIpc) is 2.90. The van der Waals surface area contributed by atoms with Crippen LogP contribution in [-0.4, -0.2) is 33.2 Å². The number of para-hydroxylation sites is 2. The summed E-state index contributed by atoms with van der Waals surface area (Å²) >= 11 is 1.38. The highest BCUT2D eigenvalue weighted by molar-refractivity contribution is 8.00. The fourth-order valence-corrected chi connectivity index (χ4v) is 3.22. The number of thioether (sulfide) groups is 1. The number of rotatable bonds is 3. The summed E-state index contributed by atoms with van der Waals surface area (Å²) in [5.41, 5.74) is 1.40. The van der Waals surface area contributed by atoms with Crippen LogP contribution in [0.4, 0.5) is 11.4 Å². The Morgan fingerprint density at radius 3 is 2.91 bits per heavy atom. The van der Waals surface area contributed by atoms with E-state index in [1.54, 1.807) is 12.3 Å². The first-order valence-corrected chi connectivity index (χ1v) is 7.78. The topological polar surface area (TPSA) is 67.2 Å². The highest BCUT2D eigenvalue weighted by Gasteiger charge is 2.30. The van der Waals surface area contributed by atoms with E-state index in [-0.39, 0.29) is 23.6 Å². The maximum Gasteiger partial charge on any atom is 0.244 e. The van der Waals surface area contributed by atoms with Gasteiger partial charge >= 0.3 is 0 Å². The van der Waals surface area contributed by atoms with E-state index in [0.717, 1.165) is 10.8 Å². The van der Waals surface area contributed by atoms with E-state index in [1.165, 1.54) is 16.7 Å². The second-order valence-corrected chi connectivity index (χ2v) is 6.38. The van der Waals surface area contributed by atoms with Gasteiger partial charge in [-0.1, -0.05) is 23.9 Å². The van der Waals surface area contributed by atoms with E-state index in [0.29, 0.717) is 5.69 Å². The van der Waals surface area contributed by atoms with Crippen molar-refractivity contribution >= 4 is 35.0 Å². The predicted octanol–water partition coefficient (Wildman–Crippen LogP) is 1.89. The number of imidazole rings is 1. The van der Waals surface area contributed by atoms with Crippen molar-refractivity contribution in [1.29, 1.82) is 0 Å². The number of carbonyl (C=O) groups excluding carboxylic acids is 2. The van der Waals surface area contributed by atoms with Gasteiger partial charge in [0.05, 0.1) is 16.6 Å². The van der Waals surface area contributed by atoms with Gasteiger partial charge in [-0.05, 0) is 19.1 Å². The molecule has 0 bridgehead atoms. The standard InChI is InChI=1S/C15H16N4O2S/c1-10(22-15-16-7-8-18(15)2)14(21)19-9-13(20)17-11-5-3-4-6-12(11)19/h3-8,10H,9H2,1-2H3,(H,17,20). The highest BCUT2D eigenvalue weighted by Crippen LogP contribution is 2.31. The van der Waals surface area contributed by atoms with E-state index >= 15 is 0 Å². The first-order valence-electron chi connectivity index (χ1n) is 6.90. The van der Waals surface area contributed by atoms with Gasteiger partial charge < -0.3 is 9.88 Å². The zero-order valence-corrected chi connectivity index (χ0v) is 13.1. The molecule has 0 fully saturated rings. The molecule has 1 aromatic carbocycles. The lowest BCUT2D eigenvalue weighted by Gasteiger charge is -2.30. The molecule has 2 heterocycles. The number of amides is 2.